The van der Waals surface area contributed by atoms with E-state index < -0.39 is 0 Å². The Balaban J connectivity index is 1.99. The Morgan fingerprint density at radius 3 is 2.29 bits per heavy atom. The predicted octanol–water partition coefficient (Wildman–Crippen LogP) is 6.56. The number of hydrogen-bond acceptors (Lipinski definition) is 1. The summed E-state index contributed by atoms with van der Waals surface area (Å²) in [5.41, 5.74) is 0.464. The molecular formula is C20H37N. The molecule has 1 unspecified atom stereocenters. The predicted molar refractivity (Wildman–Crippen MR) is 94.2 cm³/mol. The molecule has 0 aromatic heterocycles. The highest BCUT2D eigenvalue weighted by Gasteiger charge is 2.32. The lowest BCUT2D eigenvalue weighted by molar-refractivity contribution is 0.218. The molecular weight excluding hydrogens is 254 g/mol. The van der Waals surface area contributed by atoms with Crippen LogP contribution in [0.3, 0.4) is 0 Å². The lowest BCUT2D eigenvalue weighted by Crippen LogP contribution is -2.29. The molecule has 2 fully saturated rings. The molecule has 0 bridgehead atoms. The molecule has 0 saturated heterocycles. The van der Waals surface area contributed by atoms with Gasteiger partial charge >= 0.3 is 0 Å². The van der Waals surface area contributed by atoms with Gasteiger partial charge < -0.3 is 0 Å². The molecule has 1 nitrogen and oxygen atoms in total. The van der Waals surface area contributed by atoms with Crippen molar-refractivity contribution in [3.63, 3.8) is 0 Å². The van der Waals surface area contributed by atoms with E-state index in [4.69, 9.17) is 4.99 Å². The Hall–Kier alpha value is -0.330. The van der Waals surface area contributed by atoms with E-state index in [2.05, 4.69) is 20.1 Å². The molecule has 0 heterocycles. The normalized spacial score (nSPS) is 25.2. The molecule has 2 rings (SSSR count). The molecule has 2 saturated carbocycles. The van der Waals surface area contributed by atoms with Crippen molar-refractivity contribution in [3.05, 3.63) is 0 Å². The number of nitrogens with zero attached hydrogens (tertiary/aromatic N) is 1. The third-order valence-corrected chi connectivity index (χ3v) is 5.95. The van der Waals surface area contributed by atoms with Crippen molar-refractivity contribution >= 4 is 6.21 Å². The summed E-state index contributed by atoms with van der Waals surface area (Å²) in [6.07, 6.45) is 22.0. The fourth-order valence-corrected chi connectivity index (χ4v) is 4.57. The minimum Gasteiger partial charge on any atom is -0.294 e. The van der Waals surface area contributed by atoms with Gasteiger partial charge in [-0.15, -0.1) is 0 Å². The standard InChI is InChI=1S/C20H37N/c1-3-11-18(4-2)16-20(14-9-6-10-15-20)17-21-19-12-7-5-8-13-19/h17-19H,3-16H2,1-2H3/b21-17+. The van der Waals surface area contributed by atoms with Crippen LogP contribution in [0.2, 0.25) is 0 Å². The maximum atomic E-state index is 5.10. The fraction of sp³-hybridized carbons (Fsp3) is 0.950. The summed E-state index contributed by atoms with van der Waals surface area (Å²) in [5, 5.41) is 0. The highest BCUT2D eigenvalue weighted by atomic mass is 14.8. The number of hydrogen-bond donors (Lipinski definition) is 0. The zero-order valence-corrected chi connectivity index (χ0v) is 14.6. The van der Waals surface area contributed by atoms with Gasteiger partial charge in [0, 0.05) is 17.7 Å². The zero-order valence-electron chi connectivity index (χ0n) is 14.6. The van der Waals surface area contributed by atoms with E-state index in [0.717, 1.165) is 5.92 Å². The molecule has 0 aromatic carbocycles. The average Bonchev–Trinajstić information content (AvgIpc) is 2.54. The maximum absolute atomic E-state index is 5.10. The second-order valence-electron chi connectivity index (χ2n) is 7.76. The maximum Gasteiger partial charge on any atom is 0.0496 e. The van der Waals surface area contributed by atoms with Gasteiger partial charge in [-0.05, 0) is 38.0 Å². The van der Waals surface area contributed by atoms with Crippen LogP contribution in [0.1, 0.15) is 104 Å². The van der Waals surface area contributed by atoms with Gasteiger partial charge in [0.05, 0.1) is 0 Å². The van der Waals surface area contributed by atoms with Gasteiger partial charge in [-0.1, -0.05) is 71.6 Å². The number of rotatable bonds is 7. The average molecular weight is 292 g/mol. The molecule has 21 heavy (non-hydrogen) atoms. The van der Waals surface area contributed by atoms with E-state index in [9.17, 15) is 0 Å². The highest BCUT2D eigenvalue weighted by molar-refractivity contribution is 5.66. The monoisotopic (exact) mass is 291 g/mol. The lowest BCUT2D eigenvalue weighted by atomic mass is 9.68. The second-order valence-corrected chi connectivity index (χ2v) is 7.76. The van der Waals surface area contributed by atoms with E-state index in [0.29, 0.717) is 11.5 Å². The molecule has 1 heteroatoms. The summed E-state index contributed by atoms with van der Waals surface area (Å²) in [4.78, 5) is 5.10. The minimum absolute atomic E-state index is 0.464. The highest BCUT2D eigenvalue weighted by Crippen LogP contribution is 2.42. The van der Waals surface area contributed by atoms with Crippen LogP contribution >= 0.6 is 0 Å². The summed E-state index contributed by atoms with van der Waals surface area (Å²) >= 11 is 0. The molecule has 0 N–H and O–H groups in total. The largest absolute Gasteiger partial charge is 0.294 e. The molecule has 0 amide bonds. The van der Waals surface area contributed by atoms with Crippen LogP contribution in [0.25, 0.3) is 0 Å². The molecule has 0 aromatic rings. The van der Waals surface area contributed by atoms with Crippen molar-refractivity contribution in [3.8, 4) is 0 Å². The van der Waals surface area contributed by atoms with Crippen molar-refractivity contribution in [2.75, 3.05) is 0 Å². The zero-order chi connectivity index (χ0) is 15.0. The van der Waals surface area contributed by atoms with Gasteiger partial charge in [-0.2, -0.15) is 0 Å². The Kier molecular flexibility index (Phi) is 7.26. The first-order chi connectivity index (χ1) is 10.3. The van der Waals surface area contributed by atoms with Crippen LogP contribution in [-0.4, -0.2) is 12.3 Å². The first kappa shape index (κ1) is 17.0. The van der Waals surface area contributed by atoms with Crippen molar-refractivity contribution in [1.29, 1.82) is 0 Å². The molecule has 122 valence electrons. The quantitative estimate of drug-likeness (QED) is 0.471. The Bertz CT molecular complexity index is 295. The van der Waals surface area contributed by atoms with Gasteiger partial charge in [-0.25, -0.2) is 0 Å². The summed E-state index contributed by atoms with van der Waals surface area (Å²) in [6, 6.07) is 0.656. The fourth-order valence-electron chi connectivity index (χ4n) is 4.57. The van der Waals surface area contributed by atoms with Crippen molar-refractivity contribution in [2.45, 2.75) is 110 Å². The van der Waals surface area contributed by atoms with Crippen LogP contribution in [0.5, 0.6) is 0 Å². The SMILES string of the molecule is CCCC(CC)CC1(/C=N/C2CCCCC2)CCCCC1. The van der Waals surface area contributed by atoms with E-state index in [1.165, 1.54) is 89.9 Å². The van der Waals surface area contributed by atoms with Gasteiger partial charge in [0.25, 0.3) is 0 Å². The molecule has 0 aliphatic heterocycles. The van der Waals surface area contributed by atoms with Crippen LogP contribution < -0.4 is 0 Å². The minimum atomic E-state index is 0.464. The van der Waals surface area contributed by atoms with Crippen LogP contribution in [0.4, 0.5) is 0 Å². The van der Waals surface area contributed by atoms with Crippen LogP contribution in [0.15, 0.2) is 4.99 Å². The van der Waals surface area contributed by atoms with Gasteiger partial charge in [0.1, 0.15) is 0 Å². The molecule has 1 atom stereocenters. The first-order valence-electron chi connectivity index (χ1n) is 9.82. The molecule has 0 radical (unpaired) electrons. The Morgan fingerprint density at radius 1 is 1.00 bits per heavy atom. The van der Waals surface area contributed by atoms with Gasteiger partial charge in [0.2, 0.25) is 0 Å². The van der Waals surface area contributed by atoms with E-state index in [1.807, 2.05) is 0 Å². The summed E-state index contributed by atoms with van der Waals surface area (Å²) in [7, 11) is 0. The second kappa shape index (κ2) is 8.96. The molecule has 0 spiro atoms. The topological polar surface area (TPSA) is 12.4 Å². The van der Waals surface area contributed by atoms with Crippen LogP contribution in [0, 0.1) is 11.3 Å². The summed E-state index contributed by atoms with van der Waals surface area (Å²) in [6.45, 7) is 4.72. The number of aliphatic imine (C=N–C) groups is 1. The van der Waals surface area contributed by atoms with E-state index >= 15 is 0 Å². The Labute approximate surface area is 133 Å². The summed E-state index contributed by atoms with van der Waals surface area (Å²) < 4.78 is 0. The third-order valence-electron chi connectivity index (χ3n) is 5.95. The smallest absolute Gasteiger partial charge is 0.0496 e. The lowest BCUT2D eigenvalue weighted by Gasteiger charge is -2.37. The molecule has 2 aliphatic carbocycles. The summed E-state index contributed by atoms with van der Waals surface area (Å²) in [5.74, 6) is 0.922. The van der Waals surface area contributed by atoms with E-state index in [-0.39, 0.29) is 0 Å². The Morgan fingerprint density at radius 2 is 1.67 bits per heavy atom. The molecule has 2 aliphatic rings. The van der Waals surface area contributed by atoms with Gasteiger partial charge in [0.15, 0.2) is 0 Å². The van der Waals surface area contributed by atoms with Crippen molar-refractivity contribution in [1.82, 2.24) is 0 Å². The van der Waals surface area contributed by atoms with Crippen molar-refractivity contribution in [2.24, 2.45) is 16.3 Å². The van der Waals surface area contributed by atoms with E-state index in [1.54, 1.807) is 0 Å². The van der Waals surface area contributed by atoms with Crippen LogP contribution in [-0.2, 0) is 0 Å². The van der Waals surface area contributed by atoms with Crippen molar-refractivity contribution < 1.29 is 0 Å². The third kappa shape index (κ3) is 5.42. The first-order valence-corrected chi connectivity index (χ1v) is 9.82. The van der Waals surface area contributed by atoms with Gasteiger partial charge in [-0.3, -0.25) is 4.99 Å².